The van der Waals surface area contributed by atoms with Gasteiger partial charge in [0.2, 0.25) is 0 Å². The maximum absolute atomic E-state index is 3.93. The average molecular weight is 281 g/mol. The van der Waals surface area contributed by atoms with Crippen molar-refractivity contribution in [1.82, 2.24) is 0 Å². The lowest BCUT2D eigenvalue weighted by atomic mass is 9.79. The van der Waals surface area contributed by atoms with Gasteiger partial charge in [-0.1, -0.05) is 56.7 Å². The molecule has 2 aliphatic carbocycles. The second-order valence-electron chi connectivity index (χ2n) is 7.06. The van der Waals surface area contributed by atoms with Gasteiger partial charge in [0.25, 0.3) is 0 Å². The molecule has 0 unspecified atom stereocenters. The molecule has 0 aliphatic heterocycles. The fraction of sp³-hybridized carbons (Fsp3) is 0.619. The summed E-state index contributed by atoms with van der Waals surface area (Å²) in [7, 11) is 0. The molecule has 0 nitrogen and oxygen atoms in total. The van der Waals surface area contributed by atoms with Crippen LogP contribution in [0.2, 0.25) is 0 Å². The molecular weight excluding hydrogens is 252 g/mol. The predicted octanol–water partition coefficient (Wildman–Crippen LogP) is 6.31. The topological polar surface area (TPSA) is 0 Å². The van der Waals surface area contributed by atoms with E-state index in [2.05, 4.69) is 24.8 Å². The Kier molecular flexibility index (Phi) is 5.17. The lowest BCUT2D eigenvalue weighted by molar-refractivity contribution is 0.434. The molecule has 0 saturated heterocycles. The summed E-state index contributed by atoms with van der Waals surface area (Å²) in [5.41, 5.74) is 4.48. The molecule has 2 fully saturated rings. The molecule has 0 atom stereocenters. The molecule has 0 heterocycles. The molecule has 0 aromatic heterocycles. The summed E-state index contributed by atoms with van der Waals surface area (Å²) in [5.74, 6) is 1.54. The third-order valence-electron chi connectivity index (χ3n) is 5.44. The minimum Gasteiger partial charge on any atom is -0.103 e. The minimum absolute atomic E-state index is 0.769. The number of rotatable bonds is 4. The molecule has 1 aromatic carbocycles. The smallest absolute Gasteiger partial charge is 0.00999 e. The predicted molar refractivity (Wildman–Crippen MR) is 90.8 cm³/mol. The van der Waals surface area contributed by atoms with Gasteiger partial charge >= 0.3 is 0 Å². The Hall–Kier alpha value is -1.04. The van der Waals surface area contributed by atoms with Crippen molar-refractivity contribution in [2.75, 3.05) is 0 Å². The van der Waals surface area contributed by atoms with Crippen LogP contribution in [0.5, 0.6) is 0 Å². The van der Waals surface area contributed by atoms with E-state index in [-0.39, 0.29) is 0 Å². The van der Waals surface area contributed by atoms with Gasteiger partial charge in [-0.15, -0.1) is 6.58 Å². The molecule has 0 N–H and O–H groups in total. The maximum Gasteiger partial charge on any atom is -0.00999 e. The van der Waals surface area contributed by atoms with Crippen LogP contribution in [0.3, 0.4) is 0 Å². The third kappa shape index (κ3) is 3.78. The zero-order chi connectivity index (χ0) is 14.5. The molecule has 2 aliphatic rings. The quantitative estimate of drug-likeness (QED) is 0.567. The molecule has 0 heteroatoms. The highest BCUT2D eigenvalue weighted by atomic mass is 14.3. The van der Waals surface area contributed by atoms with Crippen molar-refractivity contribution < 1.29 is 0 Å². The van der Waals surface area contributed by atoms with Crippen LogP contribution in [0.1, 0.15) is 92.7 Å². The van der Waals surface area contributed by atoms with Crippen LogP contribution in [-0.2, 0) is 6.42 Å². The van der Waals surface area contributed by atoms with Gasteiger partial charge in [-0.25, -0.2) is 0 Å². The molecule has 0 amide bonds. The van der Waals surface area contributed by atoms with Gasteiger partial charge < -0.3 is 0 Å². The first-order chi connectivity index (χ1) is 10.4. The summed E-state index contributed by atoms with van der Waals surface area (Å²) >= 11 is 0. The molecule has 1 radical (unpaired) electrons. The van der Waals surface area contributed by atoms with Gasteiger partial charge in [0.05, 0.1) is 0 Å². The molecule has 0 bridgehead atoms. The van der Waals surface area contributed by atoms with Gasteiger partial charge in [0.15, 0.2) is 0 Å². The van der Waals surface area contributed by atoms with E-state index in [1.165, 1.54) is 80.9 Å². The van der Waals surface area contributed by atoms with E-state index >= 15 is 0 Å². The second-order valence-corrected chi connectivity index (χ2v) is 7.06. The zero-order valence-corrected chi connectivity index (χ0v) is 13.4. The van der Waals surface area contributed by atoms with Crippen molar-refractivity contribution >= 4 is 0 Å². The zero-order valence-electron chi connectivity index (χ0n) is 13.4. The van der Waals surface area contributed by atoms with Crippen LogP contribution in [0.4, 0.5) is 0 Å². The lowest BCUT2D eigenvalue weighted by Gasteiger charge is -2.26. The van der Waals surface area contributed by atoms with Gasteiger partial charge in [0, 0.05) is 0 Å². The van der Waals surface area contributed by atoms with Gasteiger partial charge in [0.1, 0.15) is 0 Å². The number of allylic oxidation sites excluding steroid dienone is 1. The molecule has 21 heavy (non-hydrogen) atoms. The first kappa shape index (κ1) is 14.9. The molecule has 0 spiro atoms. The number of benzene rings is 1. The number of hydrogen-bond donors (Lipinski definition) is 0. The fourth-order valence-electron chi connectivity index (χ4n) is 4.23. The average Bonchev–Trinajstić information content (AvgIpc) is 2.56. The van der Waals surface area contributed by atoms with Crippen molar-refractivity contribution in [3.8, 4) is 0 Å². The molecule has 2 saturated carbocycles. The van der Waals surface area contributed by atoms with E-state index in [9.17, 15) is 0 Å². The standard InChI is InChI=1S/C21H29/c1-2-9-17-14-20(18-10-5-3-6-11-18)16-21(15-17)19-12-7-4-8-13-19/h2,14-15,18-19H,1,3-13H2. The summed E-state index contributed by atoms with van der Waals surface area (Å²) in [6.07, 6.45) is 17.0. The van der Waals surface area contributed by atoms with Crippen LogP contribution < -0.4 is 0 Å². The third-order valence-corrected chi connectivity index (χ3v) is 5.44. The summed E-state index contributed by atoms with van der Waals surface area (Å²) in [4.78, 5) is 0. The van der Waals surface area contributed by atoms with Crippen molar-refractivity contribution in [2.45, 2.75) is 82.5 Å². The van der Waals surface area contributed by atoms with E-state index in [4.69, 9.17) is 0 Å². The Balaban J connectivity index is 1.86. The highest BCUT2D eigenvalue weighted by Crippen LogP contribution is 2.37. The van der Waals surface area contributed by atoms with E-state index in [1.54, 1.807) is 0 Å². The first-order valence-electron chi connectivity index (χ1n) is 9.04. The fourth-order valence-corrected chi connectivity index (χ4v) is 4.23. The summed E-state index contributed by atoms with van der Waals surface area (Å²) < 4.78 is 0. The second kappa shape index (κ2) is 7.29. The number of hydrogen-bond acceptors (Lipinski definition) is 0. The van der Waals surface area contributed by atoms with E-state index in [0.29, 0.717) is 0 Å². The van der Waals surface area contributed by atoms with Crippen LogP contribution in [-0.4, -0.2) is 0 Å². The first-order valence-corrected chi connectivity index (χ1v) is 9.04. The van der Waals surface area contributed by atoms with Crippen LogP contribution >= 0.6 is 0 Å². The lowest BCUT2D eigenvalue weighted by Crippen LogP contribution is -2.09. The summed E-state index contributed by atoms with van der Waals surface area (Å²) in [5, 5.41) is 0. The van der Waals surface area contributed by atoms with Crippen molar-refractivity contribution in [2.24, 2.45) is 0 Å². The maximum atomic E-state index is 3.93. The summed E-state index contributed by atoms with van der Waals surface area (Å²) in [6, 6.07) is 8.69. The molecule has 3 rings (SSSR count). The van der Waals surface area contributed by atoms with E-state index in [0.717, 1.165) is 18.3 Å². The Morgan fingerprint density at radius 2 is 1.33 bits per heavy atom. The van der Waals surface area contributed by atoms with Gasteiger partial charge in [-0.05, 0) is 66.7 Å². The Morgan fingerprint density at radius 3 is 1.76 bits per heavy atom. The molecule has 113 valence electrons. The van der Waals surface area contributed by atoms with Crippen molar-refractivity contribution in [3.05, 3.63) is 47.5 Å². The Morgan fingerprint density at radius 1 is 0.857 bits per heavy atom. The highest BCUT2D eigenvalue weighted by Gasteiger charge is 2.20. The van der Waals surface area contributed by atoms with Gasteiger partial charge in [-0.3, -0.25) is 0 Å². The van der Waals surface area contributed by atoms with Crippen LogP contribution in [0.25, 0.3) is 0 Å². The van der Waals surface area contributed by atoms with E-state index in [1.807, 2.05) is 6.08 Å². The van der Waals surface area contributed by atoms with Crippen molar-refractivity contribution in [1.29, 1.82) is 0 Å². The van der Waals surface area contributed by atoms with Crippen molar-refractivity contribution in [3.63, 3.8) is 0 Å². The van der Waals surface area contributed by atoms with Crippen LogP contribution in [0, 0.1) is 6.07 Å². The molecule has 1 aromatic rings. The summed E-state index contributed by atoms with van der Waals surface area (Å²) in [6.45, 7) is 3.93. The Labute approximate surface area is 130 Å². The largest absolute Gasteiger partial charge is 0.103 e. The monoisotopic (exact) mass is 281 g/mol. The Bertz CT molecular complexity index is 423. The van der Waals surface area contributed by atoms with E-state index < -0.39 is 0 Å². The SMILES string of the molecule is C=CCc1cc(C2CCCCC2)[c]c(C2CCCCC2)c1. The van der Waals surface area contributed by atoms with Crippen LogP contribution in [0.15, 0.2) is 24.8 Å². The molecular formula is C21H29. The highest BCUT2D eigenvalue weighted by molar-refractivity contribution is 5.34. The van der Waals surface area contributed by atoms with Gasteiger partial charge in [-0.2, -0.15) is 0 Å². The normalized spacial score (nSPS) is 21.3. The minimum atomic E-state index is 0.769.